The van der Waals surface area contributed by atoms with E-state index in [1.807, 2.05) is 20.8 Å². The fraction of sp³-hybridized carbons (Fsp3) is 0.538. The maximum atomic E-state index is 12.9. The van der Waals surface area contributed by atoms with Gasteiger partial charge in [0.25, 0.3) is 0 Å². The molecule has 1 aromatic carbocycles. The number of hydrogen-bond acceptors (Lipinski definition) is 3. The lowest BCUT2D eigenvalue weighted by atomic mass is 9.92. The molecule has 1 aliphatic rings. The molecule has 1 heterocycles. The minimum atomic E-state index is -1.40. The van der Waals surface area contributed by atoms with Gasteiger partial charge in [0.15, 0.2) is 0 Å². The van der Waals surface area contributed by atoms with E-state index in [4.69, 9.17) is 4.74 Å². The standard InChI is InChI=1S/C13H18FNO2.ClH/c1-9-13(16,17-8-12(2,3)15-9)10-4-6-11(14)7-5-10;/h4-7,9,15-16H,8H2,1-3H3;1H/t9-,13+;/m1./s1. The third kappa shape index (κ3) is 2.83. The van der Waals surface area contributed by atoms with Gasteiger partial charge in [-0.05, 0) is 32.9 Å². The summed E-state index contributed by atoms with van der Waals surface area (Å²) in [5.74, 6) is -1.72. The van der Waals surface area contributed by atoms with E-state index in [-0.39, 0.29) is 29.8 Å². The second-order valence-electron chi connectivity index (χ2n) is 5.24. The Morgan fingerprint density at radius 3 is 2.39 bits per heavy atom. The molecule has 2 atom stereocenters. The molecule has 1 aliphatic heterocycles. The van der Waals surface area contributed by atoms with Crippen LogP contribution in [0, 0.1) is 5.82 Å². The smallest absolute Gasteiger partial charge is 0.208 e. The summed E-state index contributed by atoms with van der Waals surface area (Å²) in [6, 6.07) is 5.47. The van der Waals surface area contributed by atoms with E-state index in [2.05, 4.69) is 5.32 Å². The normalized spacial score (nSPS) is 30.6. The van der Waals surface area contributed by atoms with E-state index in [9.17, 15) is 9.50 Å². The van der Waals surface area contributed by atoms with Crippen molar-refractivity contribution in [2.75, 3.05) is 6.61 Å². The quantitative estimate of drug-likeness (QED) is 0.825. The van der Waals surface area contributed by atoms with Gasteiger partial charge in [-0.2, -0.15) is 0 Å². The van der Waals surface area contributed by atoms with Crippen molar-refractivity contribution in [2.45, 2.75) is 38.1 Å². The summed E-state index contributed by atoms with van der Waals surface area (Å²) in [7, 11) is 0. The van der Waals surface area contributed by atoms with Crippen LogP contribution in [0.25, 0.3) is 0 Å². The highest BCUT2D eigenvalue weighted by Gasteiger charge is 2.44. The molecule has 0 amide bonds. The Bertz CT molecular complexity index is 410. The lowest BCUT2D eigenvalue weighted by Gasteiger charge is -2.46. The number of nitrogens with one attached hydrogen (secondary N) is 1. The highest BCUT2D eigenvalue weighted by molar-refractivity contribution is 5.85. The van der Waals surface area contributed by atoms with Crippen molar-refractivity contribution in [3.05, 3.63) is 35.6 Å². The lowest BCUT2D eigenvalue weighted by molar-refractivity contribution is -0.263. The molecule has 0 bridgehead atoms. The highest BCUT2D eigenvalue weighted by Crippen LogP contribution is 2.32. The summed E-state index contributed by atoms with van der Waals surface area (Å²) in [4.78, 5) is 0. The van der Waals surface area contributed by atoms with Crippen LogP contribution in [0.5, 0.6) is 0 Å². The molecule has 0 saturated carbocycles. The number of ether oxygens (including phenoxy) is 1. The third-order valence-electron chi connectivity index (χ3n) is 3.11. The number of benzene rings is 1. The van der Waals surface area contributed by atoms with Gasteiger partial charge in [0.1, 0.15) is 5.82 Å². The van der Waals surface area contributed by atoms with Gasteiger partial charge < -0.3 is 15.2 Å². The van der Waals surface area contributed by atoms with Gasteiger partial charge in [-0.3, -0.25) is 0 Å². The monoisotopic (exact) mass is 275 g/mol. The van der Waals surface area contributed by atoms with Crippen LogP contribution in [0.1, 0.15) is 26.3 Å². The largest absolute Gasteiger partial charge is 0.361 e. The van der Waals surface area contributed by atoms with Gasteiger partial charge in [-0.1, -0.05) is 12.1 Å². The maximum absolute atomic E-state index is 12.9. The molecular weight excluding hydrogens is 257 g/mol. The molecule has 5 heteroatoms. The number of hydrogen-bond donors (Lipinski definition) is 2. The van der Waals surface area contributed by atoms with E-state index in [1.165, 1.54) is 12.1 Å². The number of aliphatic hydroxyl groups is 1. The molecule has 0 aromatic heterocycles. The van der Waals surface area contributed by atoms with E-state index >= 15 is 0 Å². The molecule has 2 rings (SSSR count). The van der Waals surface area contributed by atoms with Gasteiger partial charge in [0, 0.05) is 11.1 Å². The Morgan fingerprint density at radius 2 is 1.89 bits per heavy atom. The zero-order chi connectivity index (χ0) is 12.7. The Labute approximate surface area is 113 Å². The van der Waals surface area contributed by atoms with Crippen LogP contribution in [0.3, 0.4) is 0 Å². The van der Waals surface area contributed by atoms with Gasteiger partial charge in [-0.25, -0.2) is 4.39 Å². The van der Waals surface area contributed by atoms with Crippen molar-refractivity contribution in [2.24, 2.45) is 0 Å². The van der Waals surface area contributed by atoms with Crippen LogP contribution in [-0.4, -0.2) is 23.3 Å². The zero-order valence-electron chi connectivity index (χ0n) is 10.7. The van der Waals surface area contributed by atoms with Crippen LogP contribution >= 0.6 is 12.4 Å². The molecule has 0 radical (unpaired) electrons. The van der Waals surface area contributed by atoms with Gasteiger partial charge >= 0.3 is 0 Å². The number of morpholine rings is 1. The summed E-state index contributed by atoms with van der Waals surface area (Å²) in [5.41, 5.74) is 0.389. The summed E-state index contributed by atoms with van der Waals surface area (Å²) in [6.45, 7) is 6.26. The molecule has 0 spiro atoms. The Hall–Kier alpha value is -0.680. The van der Waals surface area contributed by atoms with E-state index in [0.29, 0.717) is 12.2 Å². The molecule has 18 heavy (non-hydrogen) atoms. The van der Waals surface area contributed by atoms with Crippen molar-refractivity contribution in [1.82, 2.24) is 5.32 Å². The second-order valence-corrected chi connectivity index (χ2v) is 5.24. The molecule has 102 valence electrons. The first-order valence-electron chi connectivity index (χ1n) is 5.74. The minimum absolute atomic E-state index is 0. The van der Waals surface area contributed by atoms with E-state index in [1.54, 1.807) is 12.1 Å². The Kier molecular flexibility index (Phi) is 4.38. The second kappa shape index (κ2) is 5.13. The molecular formula is C13H19ClFNO2. The van der Waals surface area contributed by atoms with Crippen molar-refractivity contribution >= 4 is 12.4 Å². The van der Waals surface area contributed by atoms with Gasteiger partial charge in [-0.15, -0.1) is 12.4 Å². The summed E-state index contributed by atoms with van der Waals surface area (Å²) in [6.07, 6.45) is 0. The molecule has 1 fully saturated rings. The van der Waals surface area contributed by atoms with E-state index < -0.39 is 5.79 Å². The first-order valence-corrected chi connectivity index (χ1v) is 5.74. The van der Waals surface area contributed by atoms with Crippen molar-refractivity contribution < 1.29 is 14.2 Å². The van der Waals surface area contributed by atoms with Crippen LogP contribution < -0.4 is 5.32 Å². The van der Waals surface area contributed by atoms with Crippen molar-refractivity contribution in [3.8, 4) is 0 Å². The van der Waals surface area contributed by atoms with Crippen LogP contribution in [0.2, 0.25) is 0 Å². The lowest BCUT2D eigenvalue weighted by Crippen LogP contribution is -2.63. The Morgan fingerprint density at radius 1 is 1.33 bits per heavy atom. The van der Waals surface area contributed by atoms with Crippen LogP contribution in [-0.2, 0) is 10.5 Å². The van der Waals surface area contributed by atoms with Crippen molar-refractivity contribution in [3.63, 3.8) is 0 Å². The molecule has 2 N–H and O–H groups in total. The first kappa shape index (κ1) is 15.4. The average molecular weight is 276 g/mol. The van der Waals surface area contributed by atoms with Crippen LogP contribution in [0.15, 0.2) is 24.3 Å². The molecule has 0 unspecified atom stereocenters. The maximum Gasteiger partial charge on any atom is 0.208 e. The average Bonchev–Trinajstić information content (AvgIpc) is 2.25. The fourth-order valence-corrected chi connectivity index (χ4v) is 2.16. The third-order valence-corrected chi connectivity index (χ3v) is 3.11. The number of rotatable bonds is 1. The van der Waals surface area contributed by atoms with Crippen molar-refractivity contribution in [1.29, 1.82) is 0 Å². The predicted octanol–water partition coefficient (Wildman–Crippen LogP) is 2.18. The summed E-state index contributed by atoms with van der Waals surface area (Å²) in [5, 5.41) is 13.8. The topological polar surface area (TPSA) is 41.5 Å². The molecule has 3 nitrogen and oxygen atoms in total. The summed E-state index contributed by atoms with van der Waals surface area (Å²) < 4.78 is 18.5. The fourth-order valence-electron chi connectivity index (χ4n) is 2.16. The van der Waals surface area contributed by atoms with Crippen LogP contribution in [0.4, 0.5) is 4.39 Å². The highest BCUT2D eigenvalue weighted by atomic mass is 35.5. The van der Waals surface area contributed by atoms with Gasteiger partial charge in [0.2, 0.25) is 5.79 Å². The molecule has 0 aliphatic carbocycles. The molecule has 1 saturated heterocycles. The molecule has 1 aromatic rings. The SMILES string of the molecule is C[C@H]1NC(C)(C)CO[C@]1(O)c1ccc(F)cc1.Cl. The minimum Gasteiger partial charge on any atom is -0.361 e. The number of halogens is 2. The Balaban J connectivity index is 0.00000162. The summed E-state index contributed by atoms with van der Waals surface area (Å²) >= 11 is 0. The van der Waals surface area contributed by atoms with Gasteiger partial charge in [0.05, 0.1) is 12.6 Å². The van der Waals surface area contributed by atoms with E-state index in [0.717, 1.165) is 0 Å². The zero-order valence-corrected chi connectivity index (χ0v) is 11.6. The predicted molar refractivity (Wildman–Crippen MR) is 70.2 cm³/mol. The first-order chi connectivity index (χ1) is 7.83.